The summed E-state index contributed by atoms with van der Waals surface area (Å²) in [4.78, 5) is 28.1. The van der Waals surface area contributed by atoms with Crippen molar-refractivity contribution in [1.82, 2.24) is 15.2 Å². The molecule has 2 N–H and O–H groups in total. The van der Waals surface area contributed by atoms with Crippen LogP contribution in [-0.4, -0.2) is 37.9 Å². The van der Waals surface area contributed by atoms with Crippen LogP contribution in [0.5, 0.6) is 0 Å². The van der Waals surface area contributed by atoms with Crippen molar-refractivity contribution in [3.8, 4) is 22.5 Å². The lowest BCUT2D eigenvalue weighted by Crippen LogP contribution is -2.13. The van der Waals surface area contributed by atoms with E-state index in [0.717, 1.165) is 33.3 Å². The summed E-state index contributed by atoms with van der Waals surface area (Å²) < 4.78 is 0. The molecule has 7 nitrogen and oxygen atoms in total. The van der Waals surface area contributed by atoms with Crippen LogP contribution in [0.4, 0.5) is 5.69 Å². The Labute approximate surface area is 191 Å². The monoisotopic (exact) mass is 462 g/mol. The number of aromatic carboxylic acids is 1. The third-order valence-electron chi connectivity index (χ3n) is 5.13. The molecule has 0 saturated heterocycles. The van der Waals surface area contributed by atoms with Gasteiger partial charge in [-0.2, -0.15) is 0 Å². The molecule has 0 atom stereocenters. The lowest BCUT2D eigenvalue weighted by molar-refractivity contribution is -0.115. The fraction of sp³-hybridized carbons (Fsp3) is 0.0870. The Morgan fingerprint density at radius 1 is 1.00 bits per heavy atom. The molecule has 9 heteroatoms. The van der Waals surface area contributed by atoms with Gasteiger partial charge in [-0.3, -0.25) is 4.79 Å². The second kappa shape index (κ2) is 8.22. The summed E-state index contributed by atoms with van der Waals surface area (Å²) in [5, 5.41) is 23.4. The largest absolute Gasteiger partial charge is 0.478 e. The van der Waals surface area contributed by atoms with Gasteiger partial charge < -0.3 is 10.4 Å². The number of halogens is 1. The number of benzene rings is 3. The summed E-state index contributed by atoms with van der Waals surface area (Å²) in [5.74, 6) is -0.945. The smallest absolute Gasteiger partial charge is 0.335 e. The van der Waals surface area contributed by atoms with Gasteiger partial charge in [0.25, 0.3) is 0 Å². The summed E-state index contributed by atoms with van der Waals surface area (Å²) in [7, 11) is 0. The summed E-state index contributed by atoms with van der Waals surface area (Å²) in [6.45, 7) is 0. The number of hydrogen-bond donors (Lipinski definition) is 2. The van der Waals surface area contributed by atoms with Gasteiger partial charge in [0, 0.05) is 28.7 Å². The normalized spacial score (nSPS) is 11.4. The average Bonchev–Trinajstić information content (AvgIpc) is 3.10. The number of amides is 1. The first kappa shape index (κ1) is 20.4. The van der Waals surface area contributed by atoms with E-state index < -0.39 is 5.97 Å². The predicted molar refractivity (Wildman–Crippen MR) is 124 cm³/mol. The van der Waals surface area contributed by atoms with Crippen LogP contribution in [0.25, 0.3) is 33.3 Å². The number of fused-ring (bicyclic) bond motifs is 3. The highest BCUT2D eigenvalue weighted by atomic mass is 35.5. The number of carbonyl (C=O) groups is 2. The molecule has 4 aromatic rings. The molecule has 1 aliphatic rings. The topological polar surface area (TPSA) is 105 Å². The molecule has 1 aromatic heterocycles. The summed E-state index contributed by atoms with van der Waals surface area (Å²) >= 11 is 7.39. The first-order valence-corrected chi connectivity index (χ1v) is 11.1. The zero-order valence-electron chi connectivity index (χ0n) is 16.5. The molecule has 3 aromatic carbocycles. The van der Waals surface area contributed by atoms with E-state index >= 15 is 0 Å². The molecule has 1 amide bonds. The van der Waals surface area contributed by atoms with Crippen molar-refractivity contribution >= 4 is 51.7 Å². The lowest BCUT2D eigenvalue weighted by atomic mass is 10.0. The average molecular weight is 463 g/mol. The van der Waals surface area contributed by atoms with Crippen LogP contribution in [0.2, 0.25) is 5.02 Å². The van der Waals surface area contributed by atoms with Crippen LogP contribution in [0.1, 0.15) is 16.8 Å². The van der Waals surface area contributed by atoms with Crippen molar-refractivity contribution in [3.05, 3.63) is 65.2 Å². The minimum absolute atomic E-state index is 0.0488. The number of anilines is 1. The first-order valence-electron chi connectivity index (χ1n) is 9.74. The van der Waals surface area contributed by atoms with Crippen LogP contribution in [0.15, 0.2) is 59.8 Å². The number of hydrogen-bond acceptors (Lipinski definition) is 6. The predicted octanol–water partition coefficient (Wildman–Crippen LogP) is 5.14. The molecular weight excluding hydrogens is 448 g/mol. The van der Waals surface area contributed by atoms with Gasteiger partial charge in [0.2, 0.25) is 11.1 Å². The maximum Gasteiger partial charge on any atom is 0.335 e. The highest BCUT2D eigenvalue weighted by molar-refractivity contribution is 7.99. The van der Waals surface area contributed by atoms with E-state index in [9.17, 15) is 9.59 Å². The van der Waals surface area contributed by atoms with Crippen molar-refractivity contribution in [1.29, 1.82) is 0 Å². The number of carbonyl (C=O) groups excluding carboxylic acids is 1. The van der Waals surface area contributed by atoms with E-state index in [0.29, 0.717) is 10.9 Å². The summed E-state index contributed by atoms with van der Waals surface area (Å²) in [6.07, 6.45) is 0.175. The van der Waals surface area contributed by atoms with Crippen molar-refractivity contribution in [2.75, 3.05) is 11.1 Å². The molecule has 0 spiro atoms. The summed E-state index contributed by atoms with van der Waals surface area (Å²) in [6, 6.07) is 16.3. The van der Waals surface area contributed by atoms with Crippen molar-refractivity contribution in [3.63, 3.8) is 0 Å². The maximum atomic E-state index is 12.3. The molecule has 0 aliphatic heterocycles. The number of aromatic nitrogens is 3. The van der Waals surface area contributed by atoms with Gasteiger partial charge in [0.05, 0.1) is 16.3 Å². The van der Waals surface area contributed by atoms with Gasteiger partial charge in [0.15, 0.2) is 0 Å². The van der Waals surface area contributed by atoms with Crippen LogP contribution < -0.4 is 5.32 Å². The molecule has 0 unspecified atom stereocenters. The Hall–Kier alpha value is -3.49. The van der Waals surface area contributed by atoms with Gasteiger partial charge in [0.1, 0.15) is 11.4 Å². The van der Waals surface area contributed by atoms with Gasteiger partial charge in [-0.15, -0.1) is 10.2 Å². The fourth-order valence-corrected chi connectivity index (χ4v) is 4.57. The van der Waals surface area contributed by atoms with Crippen LogP contribution in [0.3, 0.4) is 0 Å². The van der Waals surface area contributed by atoms with Crippen LogP contribution >= 0.6 is 23.4 Å². The van der Waals surface area contributed by atoms with E-state index in [1.165, 1.54) is 30.0 Å². The van der Waals surface area contributed by atoms with Crippen molar-refractivity contribution in [2.45, 2.75) is 11.6 Å². The molecule has 0 radical (unpaired) electrons. The SMILES string of the molecule is O=C(CCSc1nnc2c(n1)-c1cccc3cccc-2c13)Nc1cc(C(=O)O)ccc1Cl. The highest BCUT2D eigenvalue weighted by Crippen LogP contribution is 2.44. The number of thioether (sulfide) groups is 1. The first-order chi connectivity index (χ1) is 15.5. The van der Waals surface area contributed by atoms with E-state index in [4.69, 9.17) is 21.7 Å². The molecular formula is C23H15ClN4O3S. The molecule has 32 heavy (non-hydrogen) atoms. The van der Waals surface area contributed by atoms with Crippen molar-refractivity contribution < 1.29 is 14.7 Å². The Bertz CT molecular complexity index is 1400. The quantitative estimate of drug-likeness (QED) is 0.336. The van der Waals surface area contributed by atoms with Gasteiger partial charge in [-0.1, -0.05) is 59.8 Å². The number of rotatable bonds is 6. The highest BCUT2D eigenvalue weighted by Gasteiger charge is 2.24. The molecule has 5 rings (SSSR count). The maximum absolute atomic E-state index is 12.3. The fourth-order valence-electron chi connectivity index (χ4n) is 3.68. The van der Waals surface area contributed by atoms with Crippen molar-refractivity contribution in [2.24, 2.45) is 0 Å². The number of nitrogens with one attached hydrogen (secondary N) is 1. The van der Waals surface area contributed by atoms with Gasteiger partial charge in [-0.05, 0) is 23.6 Å². The van der Waals surface area contributed by atoms with Gasteiger partial charge >= 0.3 is 5.97 Å². The zero-order valence-corrected chi connectivity index (χ0v) is 18.1. The Kier molecular flexibility index (Phi) is 5.24. The minimum atomic E-state index is -1.09. The molecule has 0 saturated carbocycles. The minimum Gasteiger partial charge on any atom is -0.478 e. The molecule has 1 aliphatic carbocycles. The summed E-state index contributed by atoms with van der Waals surface area (Å²) in [5.41, 5.74) is 3.96. The molecule has 158 valence electrons. The Balaban J connectivity index is 1.27. The molecule has 0 bridgehead atoms. The molecule has 0 fully saturated rings. The molecule has 1 heterocycles. The van der Waals surface area contributed by atoms with E-state index in [2.05, 4.69) is 27.6 Å². The number of carboxylic acids is 1. The zero-order chi connectivity index (χ0) is 22.2. The Morgan fingerprint density at radius 2 is 1.75 bits per heavy atom. The third-order valence-corrected chi connectivity index (χ3v) is 6.30. The number of carboxylic acid groups (broad SMARTS) is 1. The van der Waals surface area contributed by atoms with Crippen LogP contribution in [0, 0.1) is 0 Å². The van der Waals surface area contributed by atoms with Gasteiger partial charge in [-0.25, -0.2) is 9.78 Å². The second-order valence-electron chi connectivity index (χ2n) is 7.15. The third kappa shape index (κ3) is 3.68. The second-order valence-corrected chi connectivity index (χ2v) is 8.62. The standard InChI is InChI=1S/C23H15ClN4O3S/c24-16-8-7-13(22(30)31)11-17(16)25-18(29)9-10-32-23-26-20-14-5-1-3-12-4-2-6-15(19(12)14)21(20)27-28-23/h1-8,11H,9-10H2,(H,25,29)(H,30,31). The Morgan fingerprint density at radius 3 is 2.50 bits per heavy atom. The van der Waals surface area contributed by atoms with E-state index in [1.54, 1.807) is 0 Å². The number of nitrogens with zero attached hydrogens (tertiary/aromatic N) is 3. The van der Waals surface area contributed by atoms with Crippen LogP contribution in [-0.2, 0) is 4.79 Å². The van der Waals surface area contributed by atoms with E-state index in [1.807, 2.05) is 24.3 Å². The van der Waals surface area contributed by atoms with E-state index in [-0.39, 0.29) is 28.6 Å². The lowest BCUT2D eigenvalue weighted by Gasteiger charge is -2.08.